The van der Waals surface area contributed by atoms with Crippen LogP contribution in [0.2, 0.25) is 0 Å². The Balaban J connectivity index is 1.97. The molecule has 0 atom stereocenters. The quantitative estimate of drug-likeness (QED) is 0.779. The lowest BCUT2D eigenvalue weighted by Gasteiger charge is -2.08. The van der Waals surface area contributed by atoms with Gasteiger partial charge in [-0.15, -0.1) is 0 Å². The molecule has 2 aromatic carbocycles. The Morgan fingerprint density at radius 2 is 2.00 bits per heavy atom. The van der Waals surface area contributed by atoms with Gasteiger partial charge in [0.05, 0.1) is 0 Å². The number of phenolic OH excluding ortho intramolecular Hbond substituents is 1. The van der Waals surface area contributed by atoms with Crippen molar-refractivity contribution in [2.75, 3.05) is 0 Å². The Bertz CT molecular complexity index is 629. The first-order valence-corrected chi connectivity index (χ1v) is 6.13. The maximum atomic E-state index is 13.0. The Hall–Kier alpha value is -2.40. The van der Waals surface area contributed by atoms with Gasteiger partial charge in [-0.2, -0.15) is 0 Å². The number of amides is 1. The molecule has 1 amide bonds. The highest BCUT2D eigenvalue weighted by Crippen LogP contribution is 2.17. The van der Waals surface area contributed by atoms with Gasteiger partial charge in [0.1, 0.15) is 11.6 Å². The van der Waals surface area contributed by atoms with Crippen LogP contribution in [0.5, 0.6) is 5.75 Å². The number of nitrogens with one attached hydrogen (secondary N) is 1. The summed E-state index contributed by atoms with van der Waals surface area (Å²) in [5.41, 5.74) is 7.02. The van der Waals surface area contributed by atoms with Crippen LogP contribution in [0.4, 0.5) is 4.39 Å². The molecule has 4 nitrogen and oxygen atoms in total. The van der Waals surface area contributed by atoms with Crippen molar-refractivity contribution in [3.8, 4) is 5.75 Å². The molecule has 0 bridgehead atoms. The van der Waals surface area contributed by atoms with Crippen LogP contribution in [-0.4, -0.2) is 11.0 Å². The topological polar surface area (TPSA) is 75.4 Å². The van der Waals surface area contributed by atoms with Crippen molar-refractivity contribution in [1.29, 1.82) is 0 Å². The molecule has 0 saturated carbocycles. The third kappa shape index (κ3) is 3.55. The second kappa shape index (κ2) is 6.16. The smallest absolute Gasteiger partial charge is 0.248 e. The average Bonchev–Trinajstić information content (AvgIpc) is 2.43. The maximum absolute atomic E-state index is 13.0. The zero-order valence-electron chi connectivity index (χ0n) is 10.8. The summed E-state index contributed by atoms with van der Waals surface area (Å²) in [4.78, 5) is 11.1. The number of phenols is 1. The molecule has 0 aliphatic heterocycles. The van der Waals surface area contributed by atoms with E-state index in [2.05, 4.69) is 5.32 Å². The third-order valence-corrected chi connectivity index (χ3v) is 2.90. The monoisotopic (exact) mass is 274 g/mol. The van der Waals surface area contributed by atoms with Crippen molar-refractivity contribution in [3.05, 3.63) is 65.0 Å². The first kappa shape index (κ1) is 14.0. The summed E-state index contributed by atoms with van der Waals surface area (Å²) >= 11 is 0. The van der Waals surface area contributed by atoms with E-state index in [9.17, 15) is 14.3 Å². The standard InChI is InChI=1S/C15H15FN2O2/c16-13-4-5-14(19)12(7-13)9-18-8-10-2-1-3-11(6-10)15(17)20/h1-7,18-19H,8-9H2,(H2,17,20). The second-order valence-corrected chi connectivity index (χ2v) is 4.44. The Kier molecular flexibility index (Phi) is 4.32. The fraction of sp³-hybridized carbons (Fsp3) is 0.133. The minimum atomic E-state index is -0.477. The first-order valence-electron chi connectivity index (χ1n) is 6.13. The molecule has 0 unspecified atom stereocenters. The molecule has 0 aliphatic carbocycles. The number of carbonyl (C=O) groups excluding carboxylic acids is 1. The minimum absolute atomic E-state index is 0.0461. The number of hydrogen-bond acceptors (Lipinski definition) is 3. The molecule has 104 valence electrons. The average molecular weight is 274 g/mol. The lowest BCUT2D eigenvalue weighted by atomic mass is 10.1. The van der Waals surface area contributed by atoms with Gasteiger partial charge < -0.3 is 16.2 Å². The van der Waals surface area contributed by atoms with Gasteiger partial charge in [-0.1, -0.05) is 12.1 Å². The molecule has 0 spiro atoms. The van der Waals surface area contributed by atoms with Gasteiger partial charge in [-0.25, -0.2) is 4.39 Å². The van der Waals surface area contributed by atoms with Crippen molar-refractivity contribution in [2.24, 2.45) is 5.73 Å². The molecule has 20 heavy (non-hydrogen) atoms. The van der Waals surface area contributed by atoms with Gasteiger partial charge >= 0.3 is 0 Å². The molecule has 4 N–H and O–H groups in total. The number of benzene rings is 2. The van der Waals surface area contributed by atoms with Gasteiger partial charge in [-0.3, -0.25) is 4.79 Å². The summed E-state index contributed by atoms with van der Waals surface area (Å²) in [6, 6.07) is 10.7. The van der Waals surface area contributed by atoms with Gasteiger partial charge in [0, 0.05) is 24.2 Å². The molecule has 0 heterocycles. The molecule has 0 radical (unpaired) electrons. The normalized spacial score (nSPS) is 10.4. The largest absolute Gasteiger partial charge is 0.508 e. The van der Waals surface area contributed by atoms with Gasteiger partial charge in [0.15, 0.2) is 0 Å². The van der Waals surface area contributed by atoms with E-state index in [0.29, 0.717) is 24.2 Å². The number of carbonyl (C=O) groups is 1. The van der Waals surface area contributed by atoms with Crippen LogP contribution in [0.1, 0.15) is 21.5 Å². The van der Waals surface area contributed by atoms with E-state index in [4.69, 9.17) is 5.73 Å². The molecular formula is C15H15FN2O2. The van der Waals surface area contributed by atoms with Gasteiger partial charge in [0.2, 0.25) is 5.91 Å². The predicted molar refractivity (Wildman–Crippen MR) is 73.6 cm³/mol. The van der Waals surface area contributed by atoms with Crippen LogP contribution in [0.15, 0.2) is 42.5 Å². The molecule has 2 rings (SSSR count). The van der Waals surface area contributed by atoms with Crippen molar-refractivity contribution in [2.45, 2.75) is 13.1 Å². The molecule has 0 saturated heterocycles. The summed E-state index contributed by atoms with van der Waals surface area (Å²) in [7, 11) is 0. The van der Waals surface area contributed by atoms with Crippen molar-refractivity contribution in [3.63, 3.8) is 0 Å². The van der Waals surface area contributed by atoms with Crippen LogP contribution in [-0.2, 0) is 13.1 Å². The van der Waals surface area contributed by atoms with Crippen molar-refractivity contribution < 1.29 is 14.3 Å². The minimum Gasteiger partial charge on any atom is -0.508 e. The fourth-order valence-electron chi connectivity index (χ4n) is 1.87. The number of primary amides is 1. The van der Waals surface area contributed by atoms with E-state index in [1.54, 1.807) is 18.2 Å². The van der Waals surface area contributed by atoms with E-state index >= 15 is 0 Å². The highest BCUT2D eigenvalue weighted by Gasteiger charge is 2.04. The molecule has 0 aromatic heterocycles. The van der Waals surface area contributed by atoms with Crippen LogP contribution in [0.25, 0.3) is 0 Å². The highest BCUT2D eigenvalue weighted by atomic mass is 19.1. The lowest BCUT2D eigenvalue weighted by molar-refractivity contribution is 0.1000. The highest BCUT2D eigenvalue weighted by molar-refractivity contribution is 5.92. The summed E-state index contributed by atoms with van der Waals surface area (Å²) in [5, 5.41) is 12.7. The number of rotatable bonds is 5. The molecule has 2 aromatic rings. The lowest BCUT2D eigenvalue weighted by Crippen LogP contribution is -2.15. The second-order valence-electron chi connectivity index (χ2n) is 4.44. The van der Waals surface area contributed by atoms with Gasteiger partial charge in [-0.05, 0) is 35.9 Å². The van der Waals surface area contributed by atoms with Crippen LogP contribution in [0, 0.1) is 5.82 Å². The Labute approximate surface area is 116 Å². The summed E-state index contributed by atoms with van der Waals surface area (Å²) in [5.74, 6) is -0.824. The number of nitrogens with two attached hydrogens (primary N) is 1. The van der Waals surface area contributed by atoms with Crippen molar-refractivity contribution in [1.82, 2.24) is 5.32 Å². The zero-order valence-corrected chi connectivity index (χ0v) is 10.8. The molecule has 0 fully saturated rings. The van der Waals surface area contributed by atoms with E-state index in [1.165, 1.54) is 18.2 Å². The fourth-order valence-corrected chi connectivity index (χ4v) is 1.87. The SMILES string of the molecule is NC(=O)c1cccc(CNCc2cc(F)ccc2O)c1. The molecule has 5 heteroatoms. The predicted octanol–water partition coefficient (Wildman–Crippen LogP) is 1.92. The van der Waals surface area contributed by atoms with Crippen LogP contribution in [0.3, 0.4) is 0 Å². The Morgan fingerprint density at radius 3 is 2.75 bits per heavy atom. The zero-order chi connectivity index (χ0) is 14.5. The number of hydrogen-bond donors (Lipinski definition) is 3. The van der Waals surface area contributed by atoms with Crippen molar-refractivity contribution >= 4 is 5.91 Å². The summed E-state index contributed by atoms with van der Waals surface area (Å²) in [6.45, 7) is 0.807. The number of halogens is 1. The molecule has 0 aliphatic rings. The molecular weight excluding hydrogens is 259 g/mol. The third-order valence-electron chi connectivity index (χ3n) is 2.90. The first-order chi connectivity index (χ1) is 9.56. The van der Waals surface area contributed by atoms with Gasteiger partial charge in [0.25, 0.3) is 0 Å². The van der Waals surface area contributed by atoms with Crippen LogP contribution >= 0.6 is 0 Å². The Morgan fingerprint density at radius 1 is 1.20 bits per heavy atom. The van der Waals surface area contributed by atoms with E-state index < -0.39 is 11.7 Å². The van der Waals surface area contributed by atoms with E-state index in [-0.39, 0.29) is 5.75 Å². The maximum Gasteiger partial charge on any atom is 0.248 e. The van der Waals surface area contributed by atoms with E-state index in [0.717, 1.165) is 5.56 Å². The number of aromatic hydroxyl groups is 1. The summed E-state index contributed by atoms with van der Waals surface area (Å²) in [6.07, 6.45) is 0. The summed E-state index contributed by atoms with van der Waals surface area (Å²) < 4.78 is 13.0. The van der Waals surface area contributed by atoms with E-state index in [1.807, 2.05) is 6.07 Å². The van der Waals surface area contributed by atoms with Crippen LogP contribution < -0.4 is 11.1 Å².